The van der Waals surface area contributed by atoms with Gasteiger partial charge in [0.25, 0.3) is 5.91 Å². The Balaban J connectivity index is 1.69. The first-order valence-corrected chi connectivity index (χ1v) is 8.31. The molecule has 0 atom stereocenters. The Morgan fingerprint density at radius 1 is 1.15 bits per heavy atom. The fourth-order valence-corrected chi connectivity index (χ4v) is 3.06. The molecule has 0 bridgehead atoms. The summed E-state index contributed by atoms with van der Waals surface area (Å²) in [6.07, 6.45) is -1.60. The van der Waals surface area contributed by atoms with E-state index in [-0.39, 0.29) is 17.1 Å². The average Bonchev–Trinajstić information content (AvgIpc) is 3.15. The Morgan fingerprint density at radius 2 is 1.93 bits per heavy atom. The summed E-state index contributed by atoms with van der Waals surface area (Å²) in [5.41, 5.74) is 0.588. The third-order valence-electron chi connectivity index (χ3n) is 4.48. The number of ether oxygens (including phenoxy) is 1. The summed E-state index contributed by atoms with van der Waals surface area (Å²) < 4.78 is 44.8. The maximum Gasteiger partial charge on any atom is 0.416 e. The molecule has 9 heteroatoms. The van der Waals surface area contributed by atoms with Crippen LogP contribution in [0.15, 0.2) is 36.7 Å². The molecule has 1 aromatic carbocycles. The number of alkyl halides is 3. The van der Waals surface area contributed by atoms with Crippen LogP contribution in [-0.2, 0) is 10.9 Å². The number of aromatic amines is 1. The average molecular weight is 376 g/mol. The molecule has 4 rings (SSSR count). The van der Waals surface area contributed by atoms with Crippen LogP contribution in [0.25, 0.3) is 22.0 Å². The Hall–Kier alpha value is -2.94. The zero-order valence-corrected chi connectivity index (χ0v) is 14.1. The van der Waals surface area contributed by atoms with Gasteiger partial charge >= 0.3 is 6.18 Å². The van der Waals surface area contributed by atoms with Crippen LogP contribution in [0.1, 0.15) is 16.1 Å². The molecule has 0 unspecified atom stereocenters. The first-order valence-electron chi connectivity index (χ1n) is 8.31. The van der Waals surface area contributed by atoms with Crippen LogP contribution in [0.4, 0.5) is 13.2 Å². The van der Waals surface area contributed by atoms with E-state index in [0.717, 1.165) is 12.1 Å². The zero-order chi connectivity index (χ0) is 19.0. The monoisotopic (exact) mass is 376 g/mol. The maximum absolute atomic E-state index is 13.2. The number of nitrogens with zero attached hydrogens (tertiary/aromatic N) is 3. The molecular weight excluding hydrogens is 361 g/mol. The van der Waals surface area contributed by atoms with Crippen molar-refractivity contribution in [2.45, 2.75) is 6.18 Å². The van der Waals surface area contributed by atoms with Gasteiger partial charge in [0.05, 0.1) is 30.5 Å². The highest BCUT2D eigenvalue weighted by Crippen LogP contribution is 2.36. The van der Waals surface area contributed by atoms with Gasteiger partial charge in [-0.1, -0.05) is 6.07 Å². The van der Waals surface area contributed by atoms with Crippen molar-refractivity contribution in [1.29, 1.82) is 0 Å². The number of nitrogens with one attached hydrogen (secondary N) is 1. The molecule has 0 aliphatic carbocycles. The van der Waals surface area contributed by atoms with Crippen molar-refractivity contribution in [3.63, 3.8) is 0 Å². The van der Waals surface area contributed by atoms with Gasteiger partial charge in [-0.15, -0.1) is 0 Å². The van der Waals surface area contributed by atoms with Crippen molar-refractivity contribution in [1.82, 2.24) is 20.1 Å². The summed E-state index contributed by atoms with van der Waals surface area (Å²) >= 11 is 0. The molecule has 1 aliphatic rings. The number of halogens is 3. The zero-order valence-electron chi connectivity index (χ0n) is 14.1. The van der Waals surface area contributed by atoms with E-state index < -0.39 is 11.7 Å². The summed E-state index contributed by atoms with van der Waals surface area (Å²) in [7, 11) is 0. The number of rotatable bonds is 2. The van der Waals surface area contributed by atoms with Gasteiger partial charge in [0, 0.05) is 30.2 Å². The molecule has 1 aliphatic heterocycles. The van der Waals surface area contributed by atoms with E-state index in [0.29, 0.717) is 42.8 Å². The smallest absolute Gasteiger partial charge is 0.378 e. The number of morpholine rings is 1. The normalized spacial score (nSPS) is 15.3. The van der Waals surface area contributed by atoms with Crippen molar-refractivity contribution in [2.24, 2.45) is 0 Å². The molecule has 0 saturated carbocycles. The van der Waals surface area contributed by atoms with Crippen LogP contribution in [0.2, 0.25) is 0 Å². The third kappa shape index (κ3) is 3.37. The fraction of sp³-hybridized carbons (Fsp3) is 0.278. The number of amides is 1. The number of pyridine rings is 1. The summed E-state index contributed by atoms with van der Waals surface area (Å²) in [5.74, 6) is -0.220. The molecule has 1 saturated heterocycles. The lowest BCUT2D eigenvalue weighted by Crippen LogP contribution is -2.41. The summed E-state index contributed by atoms with van der Waals surface area (Å²) in [4.78, 5) is 18.3. The molecule has 1 fully saturated rings. The highest BCUT2D eigenvalue weighted by atomic mass is 19.4. The molecule has 27 heavy (non-hydrogen) atoms. The molecule has 1 N–H and O–H groups in total. The highest BCUT2D eigenvalue weighted by molar-refractivity contribution is 5.96. The number of hydrogen-bond donors (Lipinski definition) is 1. The molecule has 6 nitrogen and oxygen atoms in total. The first-order chi connectivity index (χ1) is 12.9. The number of fused-ring (bicyclic) bond motifs is 1. The Kier molecular flexibility index (Phi) is 4.31. The van der Waals surface area contributed by atoms with E-state index in [9.17, 15) is 18.0 Å². The third-order valence-corrected chi connectivity index (χ3v) is 4.48. The minimum atomic E-state index is -4.48. The van der Waals surface area contributed by atoms with Crippen LogP contribution in [0.3, 0.4) is 0 Å². The fourth-order valence-electron chi connectivity index (χ4n) is 3.06. The summed E-state index contributed by atoms with van der Waals surface area (Å²) in [6, 6.07) is 5.22. The number of carbonyl (C=O) groups is 1. The molecule has 0 spiro atoms. The number of H-pyrrole nitrogens is 1. The number of carbonyl (C=O) groups excluding carboxylic acids is 1. The number of aromatic nitrogens is 3. The van der Waals surface area contributed by atoms with Gasteiger partial charge in [-0.2, -0.15) is 18.3 Å². The lowest BCUT2D eigenvalue weighted by molar-refractivity contribution is -0.137. The predicted octanol–water partition coefficient (Wildman–Crippen LogP) is 3.12. The topological polar surface area (TPSA) is 71.1 Å². The Morgan fingerprint density at radius 3 is 2.59 bits per heavy atom. The van der Waals surface area contributed by atoms with Gasteiger partial charge in [-0.3, -0.25) is 14.9 Å². The van der Waals surface area contributed by atoms with E-state index in [4.69, 9.17) is 4.74 Å². The van der Waals surface area contributed by atoms with Crippen molar-refractivity contribution < 1.29 is 22.7 Å². The molecule has 0 radical (unpaired) electrons. The summed E-state index contributed by atoms with van der Waals surface area (Å²) in [6.45, 7) is 1.94. The molecule has 1 amide bonds. The van der Waals surface area contributed by atoms with E-state index in [2.05, 4.69) is 15.2 Å². The highest BCUT2D eigenvalue weighted by Gasteiger charge is 2.32. The van der Waals surface area contributed by atoms with Gasteiger partial charge in [0.15, 0.2) is 0 Å². The quantitative estimate of drug-likeness (QED) is 0.746. The van der Waals surface area contributed by atoms with Crippen LogP contribution < -0.4 is 0 Å². The molecule has 3 aromatic rings. The van der Waals surface area contributed by atoms with E-state index in [1.807, 2.05) is 0 Å². The van der Waals surface area contributed by atoms with Crippen LogP contribution in [0, 0.1) is 0 Å². The van der Waals surface area contributed by atoms with Gasteiger partial charge in [-0.05, 0) is 23.8 Å². The lowest BCUT2D eigenvalue weighted by Gasteiger charge is -2.26. The molecular formula is C18H15F3N4O2. The Labute approximate surface area is 152 Å². The second-order valence-corrected chi connectivity index (χ2v) is 6.19. The van der Waals surface area contributed by atoms with Crippen molar-refractivity contribution >= 4 is 16.8 Å². The molecule has 3 heterocycles. The minimum absolute atomic E-state index is 0.220. The van der Waals surface area contributed by atoms with Gasteiger partial charge in [0.1, 0.15) is 5.69 Å². The maximum atomic E-state index is 13.2. The molecule has 2 aromatic heterocycles. The van der Waals surface area contributed by atoms with Crippen molar-refractivity contribution in [3.05, 3.63) is 47.9 Å². The SMILES string of the molecule is O=C(c1ccc(-c2cc(C(F)(F)F)cc3[nH]ncc23)cn1)N1CCOCC1. The van der Waals surface area contributed by atoms with Gasteiger partial charge in [0.2, 0.25) is 0 Å². The number of hydrogen-bond acceptors (Lipinski definition) is 4. The predicted molar refractivity (Wildman–Crippen MR) is 91.0 cm³/mol. The second kappa shape index (κ2) is 6.66. The van der Waals surface area contributed by atoms with Crippen LogP contribution in [0.5, 0.6) is 0 Å². The van der Waals surface area contributed by atoms with E-state index in [1.54, 1.807) is 11.0 Å². The number of benzene rings is 1. The lowest BCUT2D eigenvalue weighted by atomic mass is 10.00. The Bertz CT molecular complexity index is 976. The van der Waals surface area contributed by atoms with Gasteiger partial charge in [-0.25, -0.2) is 0 Å². The van der Waals surface area contributed by atoms with Crippen LogP contribution >= 0.6 is 0 Å². The largest absolute Gasteiger partial charge is 0.416 e. The van der Waals surface area contributed by atoms with E-state index >= 15 is 0 Å². The molecule has 140 valence electrons. The van der Waals surface area contributed by atoms with Crippen LogP contribution in [-0.4, -0.2) is 52.3 Å². The minimum Gasteiger partial charge on any atom is -0.378 e. The van der Waals surface area contributed by atoms with Crippen molar-refractivity contribution in [2.75, 3.05) is 26.3 Å². The van der Waals surface area contributed by atoms with Gasteiger partial charge < -0.3 is 9.64 Å². The summed E-state index contributed by atoms with van der Waals surface area (Å²) in [5, 5.41) is 6.96. The van der Waals surface area contributed by atoms with E-state index in [1.165, 1.54) is 18.5 Å². The van der Waals surface area contributed by atoms with Crippen molar-refractivity contribution in [3.8, 4) is 11.1 Å². The first kappa shape index (κ1) is 17.5. The standard InChI is InChI=1S/C18H15F3N4O2/c19-18(20,21)12-7-13(14-10-23-24-16(14)8-12)11-1-2-15(22-9-11)17(26)25-3-5-27-6-4-25/h1-2,7-10H,3-6H2,(H,23,24). The second-order valence-electron chi connectivity index (χ2n) is 6.19.